The van der Waals surface area contributed by atoms with Crippen molar-refractivity contribution in [1.29, 1.82) is 0 Å². The number of amides is 1. The molecule has 0 spiro atoms. The number of carbonyl (C=O) groups is 1. The molecule has 92 valence electrons. The molecule has 1 aliphatic rings. The fourth-order valence-corrected chi connectivity index (χ4v) is 2.73. The van der Waals surface area contributed by atoms with Crippen molar-refractivity contribution >= 4 is 43.5 Å². The number of aromatic nitrogens is 2. The van der Waals surface area contributed by atoms with Crippen LogP contribution in [0.25, 0.3) is 5.69 Å². The van der Waals surface area contributed by atoms with E-state index in [2.05, 4.69) is 42.3 Å². The first kappa shape index (κ1) is 11.9. The Labute approximate surface area is 120 Å². The Bertz CT molecular complexity index is 652. The summed E-state index contributed by atoms with van der Waals surface area (Å²) in [4.78, 5) is 11.5. The molecule has 3 N–H and O–H groups in total. The van der Waals surface area contributed by atoms with Gasteiger partial charge in [-0.15, -0.1) is 0 Å². The molecular formula is C11H8Br2N4O. The summed E-state index contributed by atoms with van der Waals surface area (Å²) >= 11 is 6.82. The van der Waals surface area contributed by atoms with Crippen molar-refractivity contribution < 1.29 is 4.79 Å². The highest BCUT2D eigenvalue weighted by Gasteiger charge is 2.28. The maximum Gasteiger partial charge on any atom is 0.245 e. The molecule has 18 heavy (non-hydrogen) atoms. The Kier molecular flexibility index (Phi) is 2.76. The van der Waals surface area contributed by atoms with Crippen LogP contribution in [0.15, 0.2) is 33.5 Å². The van der Waals surface area contributed by atoms with E-state index in [9.17, 15) is 4.79 Å². The number of benzene rings is 1. The number of hydrogen-bond acceptors (Lipinski definition) is 3. The summed E-state index contributed by atoms with van der Waals surface area (Å²) in [6.07, 6.45) is 3.53. The van der Waals surface area contributed by atoms with Crippen molar-refractivity contribution in [2.45, 2.75) is 6.04 Å². The molecule has 1 unspecified atom stereocenters. The van der Waals surface area contributed by atoms with Gasteiger partial charge in [0.05, 0.1) is 16.4 Å². The van der Waals surface area contributed by atoms with Gasteiger partial charge in [0.25, 0.3) is 0 Å². The third-order valence-corrected chi connectivity index (χ3v) is 3.84. The van der Waals surface area contributed by atoms with Crippen molar-refractivity contribution in [3.63, 3.8) is 0 Å². The van der Waals surface area contributed by atoms with Crippen molar-refractivity contribution in [2.24, 2.45) is 5.73 Å². The maximum absolute atomic E-state index is 11.5. The Morgan fingerprint density at radius 2 is 2.17 bits per heavy atom. The summed E-state index contributed by atoms with van der Waals surface area (Å²) in [6.45, 7) is 0. The average Bonchev–Trinajstić information content (AvgIpc) is 2.86. The largest absolute Gasteiger partial charge is 0.324 e. The molecule has 2 aromatic rings. The first-order chi connectivity index (χ1) is 8.56. The molecule has 7 heteroatoms. The molecule has 0 bridgehead atoms. The van der Waals surface area contributed by atoms with Crippen LogP contribution in [0, 0.1) is 0 Å². The van der Waals surface area contributed by atoms with Crippen LogP contribution in [-0.2, 0) is 4.79 Å². The smallest absolute Gasteiger partial charge is 0.245 e. The number of nitrogens with one attached hydrogen (secondary N) is 1. The van der Waals surface area contributed by atoms with E-state index in [-0.39, 0.29) is 5.91 Å². The third-order valence-electron chi connectivity index (χ3n) is 2.79. The molecule has 2 heterocycles. The lowest BCUT2D eigenvalue weighted by atomic mass is 10.1. The molecule has 0 saturated carbocycles. The van der Waals surface area contributed by atoms with E-state index >= 15 is 0 Å². The van der Waals surface area contributed by atoms with E-state index in [1.54, 1.807) is 10.9 Å². The highest BCUT2D eigenvalue weighted by molar-refractivity contribution is 9.10. The number of fused-ring (bicyclic) bond motifs is 1. The van der Waals surface area contributed by atoms with Crippen LogP contribution in [0.4, 0.5) is 5.69 Å². The van der Waals surface area contributed by atoms with Crippen LogP contribution in [0.5, 0.6) is 0 Å². The quantitative estimate of drug-likeness (QED) is 0.808. The highest BCUT2D eigenvalue weighted by atomic mass is 79.9. The lowest BCUT2D eigenvalue weighted by Crippen LogP contribution is -2.19. The molecule has 0 radical (unpaired) electrons. The van der Waals surface area contributed by atoms with Crippen LogP contribution in [-0.4, -0.2) is 15.7 Å². The summed E-state index contributed by atoms with van der Waals surface area (Å²) in [6, 6.07) is 3.10. The topological polar surface area (TPSA) is 72.9 Å². The number of halogens is 2. The van der Waals surface area contributed by atoms with Gasteiger partial charge in [0, 0.05) is 21.9 Å². The maximum atomic E-state index is 11.5. The van der Waals surface area contributed by atoms with E-state index in [4.69, 9.17) is 5.73 Å². The fourth-order valence-electron chi connectivity index (χ4n) is 1.90. The zero-order valence-corrected chi connectivity index (χ0v) is 12.2. The molecule has 5 nitrogen and oxygen atoms in total. The van der Waals surface area contributed by atoms with Crippen LogP contribution >= 0.6 is 31.9 Å². The molecule has 0 saturated heterocycles. The van der Waals surface area contributed by atoms with Crippen molar-refractivity contribution in [3.8, 4) is 5.69 Å². The molecule has 0 fully saturated rings. The van der Waals surface area contributed by atoms with Crippen molar-refractivity contribution in [3.05, 3.63) is 39.0 Å². The molecule has 0 aliphatic carbocycles. The number of rotatable bonds is 1. The summed E-state index contributed by atoms with van der Waals surface area (Å²) < 4.78 is 3.43. The Morgan fingerprint density at radius 3 is 2.83 bits per heavy atom. The van der Waals surface area contributed by atoms with E-state index in [1.165, 1.54) is 0 Å². The first-order valence-electron chi connectivity index (χ1n) is 5.16. The van der Waals surface area contributed by atoms with Crippen molar-refractivity contribution in [1.82, 2.24) is 9.78 Å². The van der Waals surface area contributed by atoms with E-state index in [1.807, 2.05) is 18.3 Å². The van der Waals surface area contributed by atoms with Gasteiger partial charge in [0.2, 0.25) is 5.91 Å². The number of nitrogens with zero attached hydrogens (tertiary/aromatic N) is 2. The standard InChI is InChI=1S/C11H8Br2N4O/c12-5-3-15-17(4-5)9-2-8-6(1-7(9)13)10(14)11(18)16-8/h1-4,10H,14H2,(H,16,18). The van der Waals surface area contributed by atoms with Gasteiger partial charge in [-0.3, -0.25) is 4.79 Å². The van der Waals surface area contributed by atoms with Crippen LogP contribution in [0.1, 0.15) is 11.6 Å². The minimum Gasteiger partial charge on any atom is -0.324 e. The van der Waals surface area contributed by atoms with Crippen LogP contribution < -0.4 is 11.1 Å². The molecular weight excluding hydrogens is 364 g/mol. The predicted molar refractivity (Wildman–Crippen MR) is 74.5 cm³/mol. The molecule has 1 amide bonds. The van der Waals surface area contributed by atoms with Gasteiger partial charge >= 0.3 is 0 Å². The Balaban J connectivity index is 2.14. The molecule has 1 aliphatic heterocycles. The second-order valence-corrected chi connectivity index (χ2v) is 5.73. The second kappa shape index (κ2) is 4.18. The minimum atomic E-state index is -0.602. The van der Waals surface area contributed by atoms with E-state index in [0.29, 0.717) is 0 Å². The summed E-state index contributed by atoms with van der Waals surface area (Å²) in [5.41, 5.74) is 8.16. The number of carbonyl (C=O) groups excluding carboxylic acids is 1. The number of hydrogen-bond donors (Lipinski definition) is 2. The number of anilines is 1. The predicted octanol–water partition coefficient (Wildman–Crippen LogP) is 2.35. The average molecular weight is 372 g/mol. The van der Waals surface area contributed by atoms with Crippen LogP contribution in [0.3, 0.4) is 0 Å². The van der Waals surface area contributed by atoms with Gasteiger partial charge in [-0.25, -0.2) is 4.68 Å². The Morgan fingerprint density at radius 1 is 1.39 bits per heavy atom. The van der Waals surface area contributed by atoms with Gasteiger partial charge in [0.1, 0.15) is 6.04 Å². The van der Waals surface area contributed by atoms with Crippen LogP contribution in [0.2, 0.25) is 0 Å². The second-order valence-electron chi connectivity index (χ2n) is 3.96. The van der Waals surface area contributed by atoms with E-state index in [0.717, 1.165) is 25.9 Å². The van der Waals surface area contributed by atoms with Gasteiger partial charge < -0.3 is 11.1 Å². The van der Waals surface area contributed by atoms with Gasteiger partial charge in [-0.1, -0.05) is 0 Å². The molecule has 1 atom stereocenters. The number of nitrogens with two attached hydrogens (primary N) is 1. The van der Waals surface area contributed by atoms with Gasteiger partial charge in [-0.2, -0.15) is 5.10 Å². The fraction of sp³-hybridized carbons (Fsp3) is 0.0909. The van der Waals surface area contributed by atoms with E-state index < -0.39 is 6.04 Å². The zero-order chi connectivity index (χ0) is 12.9. The zero-order valence-electron chi connectivity index (χ0n) is 9.02. The van der Waals surface area contributed by atoms with Crippen molar-refractivity contribution in [2.75, 3.05) is 5.32 Å². The molecule has 1 aromatic heterocycles. The molecule has 1 aromatic carbocycles. The summed E-state index contributed by atoms with van der Waals surface area (Å²) in [5.74, 6) is -0.185. The highest BCUT2D eigenvalue weighted by Crippen LogP contribution is 2.35. The lowest BCUT2D eigenvalue weighted by molar-refractivity contribution is -0.116. The normalized spacial score (nSPS) is 17.7. The minimum absolute atomic E-state index is 0.185. The third kappa shape index (κ3) is 1.79. The summed E-state index contributed by atoms with van der Waals surface area (Å²) in [5, 5.41) is 6.96. The Hall–Kier alpha value is -1.18. The SMILES string of the molecule is NC1C(=O)Nc2cc(-n3cc(Br)cn3)c(Br)cc21. The van der Waals surface area contributed by atoms with Gasteiger partial charge in [0.15, 0.2) is 0 Å². The first-order valence-corrected chi connectivity index (χ1v) is 6.75. The molecule has 3 rings (SSSR count). The lowest BCUT2D eigenvalue weighted by Gasteiger charge is -2.08. The summed E-state index contributed by atoms with van der Waals surface area (Å²) in [7, 11) is 0. The van der Waals surface area contributed by atoms with Gasteiger partial charge in [-0.05, 0) is 44.0 Å². The monoisotopic (exact) mass is 370 g/mol.